The van der Waals surface area contributed by atoms with Gasteiger partial charge >= 0.3 is 0 Å². The van der Waals surface area contributed by atoms with E-state index in [0.29, 0.717) is 12.1 Å². The van der Waals surface area contributed by atoms with Gasteiger partial charge < -0.3 is 5.73 Å². The van der Waals surface area contributed by atoms with Gasteiger partial charge in [0.1, 0.15) is 11.6 Å². The van der Waals surface area contributed by atoms with Crippen LogP contribution in [0.1, 0.15) is 10.4 Å². The molecule has 23 heavy (non-hydrogen) atoms. The van der Waals surface area contributed by atoms with E-state index in [9.17, 15) is 22.4 Å². The molecule has 3 nitrogen and oxygen atoms in total. The van der Waals surface area contributed by atoms with Crippen molar-refractivity contribution in [1.29, 1.82) is 0 Å². The molecule has 7 heteroatoms. The summed E-state index contributed by atoms with van der Waals surface area (Å²) in [6.45, 7) is 0. The summed E-state index contributed by atoms with van der Waals surface area (Å²) in [5.41, 5.74) is 4.18. The summed E-state index contributed by atoms with van der Waals surface area (Å²) in [7, 11) is 0. The van der Waals surface area contributed by atoms with Crippen LogP contribution < -0.4 is 5.73 Å². The number of hydrogen-bond acceptors (Lipinski definition) is 2. The van der Waals surface area contributed by atoms with Crippen molar-refractivity contribution in [1.82, 2.24) is 4.98 Å². The molecule has 0 saturated carbocycles. The molecule has 1 amide bonds. The minimum absolute atomic E-state index is 0.0427. The predicted molar refractivity (Wildman–Crippen MR) is 75.5 cm³/mol. The molecule has 3 aromatic rings. The molecule has 0 atom stereocenters. The Morgan fingerprint density at radius 1 is 1.00 bits per heavy atom. The quantitative estimate of drug-likeness (QED) is 0.580. The average molecular weight is 320 g/mol. The average Bonchev–Trinajstić information content (AvgIpc) is 2.50. The Labute approximate surface area is 127 Å². The molecule has 0 bridgehead atoms. The molecule has 0 fully saturated rings. The first-order chi connectivity index (χ1) is 10.9. The second kappa shape index (κ2) is 5.35. The number of amides is 1. The predicted octanol–water partition coefficient (Wildman–Crippen LogP) is 3.56. The van der Waals surface area contributed by atoms with Gasteiger partial charge in [-0.1, -0.05) is 0 Å². The Kier molecular flexibility index (Phi) is 3.48. The summed E-state index contributed by atoms with van der Waals surface area (Å²) in [6, 6.07) is 4.68. The molecule has 0 aliphatic rings. The third-order valence-electron chi connectivity index (χ3n) is 3.35. The number of nitrogens with two attached hydrogens (primary N) is 1. The van der Waals surface area contributed by atoms with Crippen LogP contribution in [0.25, 0.3) is 22.0 Å². The van der Waals surface area contributed by atoms with Gasteiger partial charge in [0.2, 0.25) is 5.91 Å². The largest absolute Gasteiger partial charge is 0.366 e. The highest BCUT2D eigenvalue weighted by atomic mass is 19.2. The molecule has 2 aromatic carbocycles. The molecule has 0 unspecified atom stereocenters. The third-order valence-corrected chi connectivity index (χ3v) is 3.35. The number of rotatable bonds is 2. The zero-order valence-electron chi connectivity index (χ0n) is 11.4. The standard InChI is InChI=1S/C16H8F4N2O/c17-9-4-10(14(20)12(19)5-9)13-11(18)2-1-7-3-8(16(21)23)6-22-15(7)13/h1-6H,(H2,21,23). The smallest absolute Gasteiger partial charge is 0.250 e. The van der Waals surface area contributed by atoms with Crippen molar-refractivity contribution in [3.05, 3.63) is 65.4 Å². The summed E-state index contributed by atoms with van der Waals surface area (Å²) in [5, 5.41) is 0.279. The zero-order chi connectivity index (χ0) is 16.7. The molecular weight excluding hydrogens is 312 g/mol. The molecular formula is C16H8F4N2O. The minimum Gasteiger partial charge on any atom is -0.366 e. The summed E-state index contributed by atoms with van der Waals surface area (Å²) < 4.78 is 54.9. The first-order valence-corrected chi connectivity index (χ1v) is 6.41. The molecule has 0 radical (unpaired) electrons. The van der Waals surface area contributed by atoms with Gasteiger partial charge in [0, 0.05) is 28.8 Å². The molecule has 0 aliphatic heterocycles. The van der Waals surface area contributed by atoms with Crippen molar-refractivity contribution in [3.8, 4) is 11.1 Å². The Balaban J connectivity index is 2.37. The number of benzene rings is 2. The van der Waals surface area contributed by atoms with Crippen LogP contribution in [-0.4, -0.2) is 10.9 Å². The fourth-order valence-electron chi connectivity index (χ4n) is 2.31. The zero-order valence-corrected chi connectivity index (χ0v) is 11.4. The minimum atomic E-state index is -1.44. The molecule has 1 heterocycles. The second-order valence-corrected chi connectivity index (χ2v) is 4.83. The highest BCUT2D eigenvalue weighted by Crippen LogP contribution is 2.33. The molecule has 0 saturated heterocycles. The summed E-state index contributed by atoms with van der Waals surface area (Å²) >= 11 is 0. The Morgan fingerprint density at radius 2 is 1.74 bits per heavy atom. The number of aromatic nitrogens is 1. The summed E-state index contributed by atoms with van der Waals surface area (Å²) in [4.78, 5) is 15.0. The Morgan fingerprint density at radius 3 is 2.43 bits per heavy atom. The third kappa shape index (κ3) is 2.50. The van der Waals surface area contributed by atoms with E-state index in [4.69, 9.17) is 5.73 Å². The number of primary amides is 1. The van der Waals surface area contributed by atoms with Crippen molar-refractivity contribution < 1.29 is 22.4 Å². The number of halogens is 4. The van der Waals surface area contributed by atoms with E-state index in [1.807, 2.05) is 0 Å². The van der Waals surface area contributed by atoms with Crippen molar-refractivity contribution in [2.24, 2.45) is 5.73 Å². The maximum Gasteiger partial charge on any atom is 0.250 e. The van der Waals surface area contributed by atoms with E-state index in [0.717, 1.165) is 12.3 Å². The van der Waals surface area contributed by atoms with Crippen LogP contribution in [0.5, 0.6) is 0 Å². The van der Waals surface area contributed by atoms with E-state index in [1.165, 1.54) is 12.1 Å². The number of nitrogens with zero attached hydrogens (tertiary/aromatic N) is 1. The molecule has 1 aromatic heterocycles. The number of carbonyl (C=O) groups is 1. The number of fused-ring (bicyclic) bond motifs is 1. The Hall–Kier alpha value is -2.96. The van der Waals surface area contributed by atoms with E-state index in [-0.39, 0.29) is 16.5 Å². The summed E-state index contributed by atoms with van der Waals surface area (Å²) in [5.74, 6) is -5.53. The van der Waals surface area contributed by atoms with Gasteiger partial charge in [-0.25, -0.2) is 17.6 Å². The van der Waals surface area contributed by atoms with Crippen molar-refractivity contribution in [3.63, 3.8) is 0 Å². The summed E-state index contributed by atoms with van der Waals surface area (Å²) in [6.07, 6.45) is 1.08. The van der Waals surface area contributed by atoms with E-state index in [1.54, 1.807) is 0 Å². The van der Waals surface area contributed by atoms with E-state index < -0.39 is 40.3 Å². The number of hydrogen-bond donors (Lipinski definition) is 1. The lowest BCUT2D eigenvalue weighted by Gasteiger charge is -2.10. The maximum absolute atomic E-state index is 14.2. The van der Waals surface area contributed by atoms with Crippen molar-refractivity contribution in [2.75, 3.05) is 0 Å². The molecule has 0 aliphatic carbocycles. The lowest BCUT2D eigenvalue weighted by molar-refractivity contribution is 0.1000. The normalized spacial score (nSPS) is 11.0. The van der Waals surface area contributed by atoms with Gasteiger partial charge in [-0.3, -0.25) is 9.78 Å². The second-order valence-electron chi connectivity index (χ2n) is 4.83. The monoisotopic (exact) mass is 320 g/mol. The number of carbonyl (C=O) groups excluding carboxylic acids is 1. The van der Waals surface area contributed by atoms with Crippen LogP contribution in [-0.2, 0) is 0 Å². The van der Waals surface area contributed by atoms with Gasteiger partial charge in [0.15, 0.2) is 11.6 Å². The van der Waals surface area contributed by atoms with E-state index >= 15 is 0 Å². The van der Waals surface area contributed by atoms with Crippen LogP contribution in [0.15, 0.2) is 36.5 Å². The van der Waals surface area contributed by atoms with Gasteiger partial charge in [0.25, 0.3) is 0 Å². The highest BCUT2D eigenvalue weighted by molar-refractivity contribution is 6.00. The highest BCUT2D eigenvalue weighted by Gasteiger charge is 2.19. The topological polar surface area (TPSA) is 56.0 Å². The lowest BCUT2D eigenvalue weighted by Crippen LogP contribution is -2.11. The SMILES string of the molecule is NC(=O)c1cnc2c(-c3cc(F)cc(F)c3F)c(F)ccc2c1. The fraction of sp³-hybridized carbons (Fsp3) is 0. The molecule has 116 valence electrons. The van der Waals surface area contributed by atoms with Crippen LogP contribution in [0.4, 0.5) is 17.6 Å². The van der Waals surface area contributed by atoms with Gasteiger partial charge in [-0.2, -0.15) is 0 Å². The van der Waals surface area contributed by atoms with Crippen LogP contribution in [0, 0.1) is 23.3 Å². The molecule has 2 N–H and O–H groups in total. The first-order valence-electron chi connectivity index (χ1n) is 6.41. The van der Waals surface area contributed by atoms with Crippen LogP contribution >= 0.6 is 0 Å². The van der Waals surface area contributed by atoms with E-state index in [2.05, 4.69) is 4.98 Å². The van der Waals surface area contributed by atoms with Crippen molar-refractivity contribution in [2.45, 2.75) is 0 Å². The Bertz CT molecular complexity index is 956. The maximum atomic E-state index is 14.2. The van der Waals surface area contributed by atoms with Gasteiger partial charge in [0.05, 0.1) is 11.1 Å². The lowest BCUT2D eigenvalue weighted by atomic mass is 9.99. The fourth-order valence-corrected chi connectivity index (χ4v) is 2.31. The molecule has 0 spiro atoms. The van der Waals surface area contributed by atoms with Crippen LogP contribution in [0.2, 0.25) is 0 Å². The number of pyridine rings is 1. The van der Waals surface area contributed by atoms with Gasteiger partial charge in [-0.15, -0.1) is 0 Å². The molecule has 3 rings (SSSR count). The first kappa shape index (κ1) is 15.0. The van der Waals surface area contributed by atoms with Crippen molar-refractivity contribution >= 4 is 16.8 Å². The van der Waals surface area contributed by atoms with Crippen LogP contribution in [0.3, 0.4) is 0 Å². The van der Waals surface area contributed by atoms with Gasteiger partial charge in [-0.05, 0) is 24.3 Å².